The van der Waals surface area contributed by atoms with Gasteiger partial charge in [-0.3, -0.25) is 0 Å². The van der Waals surface area contributed by atoms with Gasteiger partial charge in [0.25, 0.3) is 5.89 Å². The molecule has 0 fully saturated rings. The molecule has 1 atom stereocenters. The highest BCUT2D eigenvalue weighted by molar-refractivity contribution is 6.35. The molecule has 0 spiro atoms. The van der Waals surface area contributed by atoms with E-state index in [0.717, 1.165) is 0 Å². The Morgan fingerprint density at radius 3 is 2.67 bits per heavy atom. The first-order valence-corrected chi connectivity index (χ1v) is 6.29. The molecule has 2 aromatic rings. The molecule has 2 N–H and O–H groups in total. The summed E-state index contributed by atoms with van der Waals surface area (Å²) in [7, 11) is 0. The molecule has 1 aromatic carbocycles. The standard InChI is InChI=1S/C12H13Cl2N3O/c1-6(2)10(15)11-16-12(18-17-11)8-5-7(13)3-4-9(8)14/h3-6,10H,15H2,1-2H3. The van der Waals surface area contributed by atoms with Gasteiger partial charge in [0.2, 0.25) is 0 Å². The molecule has 1 aromatic heterocycles. The van der Waals surface area contributed by atoms with Crippen LogP contribution in [0.4, 0.5) is 0 Å². The van der Waals surface area contributed by atoms with Crippen LogP contribution in [0.25, 0.3) is 11.5 Å². The molecule has 0 saturated heterocycles. The molecule has 18 heavy (non-hydrogen) atoms. The molecule has 0 amide bonds. The fraction of sp³-hybridized carbons (Fsp3) is 0.333. The van der Waals surface area contributed by atoms with Gasteiger partial charge in [-0.2, -0.15) is 4.98 Å². The van der Waals surface area contributed by atoms with Crippen molar-refractivity contribution in [3.05, 3.63) is 34.1 Å². The maximum absolute atomic E-state index is 6.06. The minimum Gasteiger partial charge on any atom is -0.334 e. The fourth-order valence-electron chi connectivity index (χ4n) is 1.44. The third-order valence-corrected chi connectivity index (χ3v) is 3.18. The number of nitrogens with zero attached hydrogens (tertiary/aromatic N) is 2. The highest BCUT2D eigenvalue weighted by Crippen LogP contribution is 2.30. The molecule has 6 heteroatoms. The first-order chi connectivity index (χ1) is 8.49. The van der Waals surface area contributed by atoms with E-state index in [-0.39, 0.29) is 12.0 Å². The van der Waals surface area contributed by atoms with Crippen LogP contribution in [0.3, 0.4) is 0 Å². The van der Waals surface area contributed by atoms with E-state index in [4.69, 9.17) is 33.5 Å². The lowest BCUT2D eigenvalue weighted by atomic mass is 10.1. The number of benzene rings is 1. The molecular formula is C12H13Cl2N3O. The van der Waals surface area contributed by atoms with Gasteiger partial charge in [0.15, 0.2) is 5.82 Å². The van der Waals surface area contributed by atoms with Crippen LogP contribution in [-0.2, 0) is 0 Å². The first-order valence-electron chi connectivity index (χ1n) is 5.53. The minimum atomic E-state index is -0.263. The van der Waals surface area contributed by atoms with Crippen LogP contribution in [0.1, 0.15) is 25.7 Å². The smallest absolute Gasteiger partial charge is 0.259 e. The van der Waals surface area contributed by atoms with Gasteiger partial charge in [0.1, 0.15) is 0 Å². The Bertz CT molecular complexity index is 554. The summed E-state index contributed by atoms with van der Waals surface area (Å²) in [4.78, 5) is 4.26. The Labute approximate surface area is 115 Å². The monoisotopic (exact) mass is 285 g/mol. The highest BCUT2D eigenvalue weighted by atomic mass is 35.5. The summed E-state index contributed by atoms with van der Waals surface area (Å²) < 4.78 is 5.17. The average Bonchev–Trinajstić information content (AvgIpc) is 2.80. The molecule has 0 aliphatic rings. The highest BCUT2D eigenvalue weighted by Gasteiger charge is 2.19. The van der Waals surface area contributed by atoms with Crippen LogP contribution in [-0.4, -0.2) is 10.1 Å². The van der Waals surface area contributed by atoms with E-state index in [9.17, 15) is 0 Å². The van der Waals surface area contributed by atoms with E-state index in [2.05, 4.69) is 10.1 Å². The van der Waals surface area contributed by atoms with Crippen molar-refractivity contribution in [3.8, 4) is 11.5 Å². The molecule has 0 bridgehead atoms. The maximum atomic E-state index is 6.06. The first kappa shape index (κ1) is 13.3. The molecule has 1 unspecified atom stereocenters. The van der Waals surface area contributed by atoms with Crippen LogP contribution in [0.5, 0.6) is 0 Å². The van der Waals surface area contributed by atoms with E-state index < -0.39 is 0 Å². The number of halogens is 2. The zero-order chi connectivity index (χ0) is 13.3. The fourth-order valence-corrected chi connectivity index (χ4v) is 1.81. The van der Waals surface area contributed by atoms with Crippen molar-refractivity contribution in [2.45, 2.75) is 19.9 Å². The third-order valence-electron chi connectivity index (χ3n) is 2.62. The van der Waals surface area contributed by atoms with Crippen LogP contribution in [0.2, 0.25) is 10.0 Å². The SMILES string of the molecule is CC(C)C(N)c1noc(-c2cc(Cl)ccc2Cl)n1. The quantitative estimate of drug-likeness (QED) is 0.934. The largest absolute Gasteiger partial charge is 0.334 e. The lowest BCUT2D eigenvalue weighted by Gasteiger charge is -2.09. The van der Waals surface area contributed by atoms with Crippen LogP contribution in [0.15, 0.2) is 22.7 Å². The Balaban J connectivity index is 2.38. The summed E-state index contributed by atoms with van der Waals surface area (Å²) in [6, 6.07) is 4.80. The van der Waals surface area contributed by atoms with Gasteiger partial charge in [0, 0.05) is 5.02 Å². The van der Waals surface area contributed by atoms with Gasteiger partial charge in [0.05, 0.1) is 16.6 Å². The summed E-state index contributed by atoms with van der Waals surface area (Å²) in [6.45, 7) is 3.99. The van der Waals surface area contributed by atoms with Crippen molar-refractivity contribution < 1.29 is 4.52 Å². The molecule has 0 saturated carbocycles. The van der Waals surface area contributed by atoms with Gasteiger partial charge < -0.3 is 10.3 Å². The van der Waals surface area contributed by atoms with Crippen LogP contribution < -0.4 is 5.73 Å². The molecule has 0 radical (unpaired) electrons. The van der Waals surface area contributed by atoms with Crippen LogP contribution in [0, 0.1) is 5.92 Å². The second-order valence-corrected chi connectivity index (χ2v) is 5.20. The summed E-state index contributed by atoms with van der Waals surface area (Å²) in [5.74, 6) is 1.02. The minimum absolute atomic E-state index is 0.227. The average molecular weight is 286 g/mol. The number of aromatic nitrogens is 2. The van der Waals surface area contributed by atoms with E-state index in [0.29, 0.717) is 27.3 Å². The topological polar surface area (TPSA) is 64.9 Å². The van der Waals surface area contributed by atoms with Crippen molar-refractivity contribution in [2.75, 3.05) is 0 Å². The Morgan fingerprint density at radius 2 is 2.00 bits per heavy atom. The Hall–Kier alpha value is -1.10. The van der Waals surface area contributed by atoms with Crippen molar-refractivity contribution in [2.24, 2.45) is 11.7 Å². The van der Waals surface area contributed by atoms with E-state index in [1.54, 1.807) is 18.2 Å². The van der Waals surface area contributed by atoms with Crippen molar-refractivity contribution >= 4 is 23.2 Å². The second kappa shape index (κ2) is 5.26. The third kappa shape index (κ3) is 2.66. The number of nitrogens with two attached hydrogens (primary N) is 1. The zero-order valence-electron chi connectivity index (χ0n) is 10.0. The normalized spacial score (nSPS) is 13.0. The predicted molar refractivity (Wildman–Crippen MR) is 71.5 cm³/mol. The maximum Gasteiger partial charge on any atom is 0.259 e. The number of hydrogen-bond acceptors (Lipinski definition) is 4. The number of hydrogen-bond donors (Lipinski definition) is 1. The van der Waals surface area contributed by atoms with Gasteiger partial charge in [-0.25, -0.2) is 0 Å². The van der Waals surface area contributed by atoms with Gasteiger partial charge >= 0.3 is 0 Å². The van der Waals surface area contributed by atoms with Crippen LogP contribution >= 0.6 is 23.2 Å². The van der Waals surface area contributed by atoms with Gasteiger partial charge in [-0.05, 0) is 24.1 Å². The van der Waals surface area contributed by atoms with E-state index in [1.165, 1.54) is 0 Å². The van der Waals surface area contributed by atoms with E-state index >= 15 is 0 Å². The van der Waals surface area contributed by atoms with Gasteiger partial charge in [-0.15, -0.1) is 0 Å². The molecule has 0 aliphatic heterocycles. The molecule has 2 rings (SSSR count). The zero-order valence-corrected chi connectivity index (χ0v) is 11.5. The molecular weight excluding hydrogens is 273 g/mol. The summed E-state index contributed by atoms with van der Waals surface area (Å²) in [5, 5.41) is 4.94. The van der Waals surface area contributed by atoms with E-state index in [1.807, 2.05) is 13.8 Å². The lowest BCUT2D eigenvalue weighted by molar-refractivity contribution is 0.400. The van der Waals surface area contributed by atoms with Crippen molar-refractivity contribution in [3.63, 3.8) is 0 Å². The van der Waals surface area contributed by atoms with Crippen molar-refractivity contribution in [1.29, 1.82) is 0 Å². The Morgan fingerprint density at radius 1 is 1.28 bits per heavy atom. The second-order valence-electron chi connectivity index (χ2n) is 4.35. The Kier molecular flexibility index (Phi) is 3.90. The molecule has 1 heterocycles. The molecule has 4 nitrogen and oxygen atoms in total. The van der Waals surface area contributed by atoms with Gasteiger partial charge in [-0.1, -0.05) is 42.2 Å². The lowest BCUT2D eigenvalue weighted by Crippen LogP contribution is -2.18. The predicted octanol–water partition coefficient (Wildman–Crippen LogP) is 3.70. The van der Waals surface area contributed by atoms with Crippen molar-refractivity contribution in [1.82, 2.24) is 10.1 Å². The number of rotatable bonds is 3. The molecule has 0 aliphatic carbocycles. The summed E-state index contributed by atoms with van der Waals surface area (Å²) >= 11 is 12.0. The summed E-state index contributed by atoms with van der Waals surface area (Å²) in [6.07, 6.45) is 0. The molecule has 96 valence electrons. The summed E-state index contributed by atoms with van der Waals surface area (Å²) in [5.41, 5.74) is 6.56.